The van der Waals surface area contributed by atoms with Crippen LogP contribution in [0.4, 0.5) is 0 Å². The van der Waals surface area contributed by atoms with E-state index in [1.807, 2.05) is 0 Å². The van der Waals surface area contributed by atoms with Crippen LogP contribution in [0.15, 0.2) is 0 Å². The van der Waals surface area contributed by atoms with E-state index in [0.29, 0.717) is 0 Å². The summed E-state index contributed by atoms with van der Waals surface area (Å²) in [5.41, 5.74) is 0. The first-order chi connectivity index (χ1) is 6.63. The molecular weight excluding hydrogens is 132 g/mol. The molecule has 0 heterocycles. The van der Waals surface area contributed by atoms with Crippen molar-refractivity contribution in [1.82, 2.24) is 0 Å². The number of hydrogen-bond donors (Lipinski definition) is 0. The molecule has 0 bridgehead atoms. The molecule has 0 N–H and O–H groups in total. The average Bonchev–Trinajstić information content (AvgIpc) is 2.44. The molecule has 3 nitrogen and oxygen atoms in total. The molecule has 1 aliphatic carbocycles. The molecule has 0 spiro atoms. The fraction of sp³-hybridized carbons (Fsp3) is 0.714. The Hall–Kier alpha value is -0.860. The molecule has 0 unspecified atom stereocenters. The molecule has 0 radical (unpaired) electrons. The van der Waals surface area contributed by atoms with Crippen molar-refractivity contribution < 1.29 is 21.2 Å². The highest BCUT2D eigenvalue weighted by molar-refractivity contribution is 5.97. The number of esters is 1. The normalized spacial score (nSPS) is 37.1. The quantitative estimate of drug-likeness (QED) is 0.432. The summed E-state index contributed by atoms with van der Waals surface area (Å²) in [5.74, 6) is -4.48. The summed E-state index contributed by atoms with van der Waals surface area (Å²) in [7, 11) is 1.06. The molecule has 1 rings (SSSR count). The van der Waals surface area contributed by atoms with E-state index < -0.39 is 36.8 Å². The minimum atomic E-state index is -2.55. The maximum Gasteiger partial charge on any atom is 0.313 e. The number of ketones is 1. The molecule has 0 aromatic carbocycles. The highest BCUT2D eigenvalue weighted by Crippen LogP contribution is 2.30. The van der Waals surface area contributed by atoms with Gasteiger partial charge in [0.25, 0.3) is 0 Å². The lowest BCUT2D eigenvalue weighted by atomic mass is 10.2. The van der Waals surface area contributed by atoms with E-state index >= 15 is 0 Å². The van der Waals surface area contributed by atoms with Gasteiger partial charge in [-0.1, -0.05) is 0 Å². The standard InChI is InChI=1S/C7H10O3/c1-10-7(9)4-6(8)5-2-3-5/h5H,2-4H2,1H3/i2D2,3D2,5D. The predicted molar refractivity (Wildman–Crippen MR) is 34.4 cm³/mol. The number of carbonyl (C=O) groups is 2. The van der Waals surface area contributed by atoms with Crippen LogP contribution in [0.1, 0.15) is 26.0 Å². The molecular formula is C7H10O3. The first kappa shape index (κ1) is 3.03. The molecule has 0 saturated heterocycles. The van der Waals surface area contributed by atoms with Crippen molar-refractivity contribution in [3.05, 3.63) is 0 Å². The largest absolute Gasteiger partial charge is 0.469 e. The fourth-order valence-electron chi connectivity index (χ4n) is 0.462. The Morgan fingerprint density at radius 2 is 2.40 bits per heavy atom. The van der Waals surface area contributed by atoms with E-state index in [-0.39, 0.29) is 0 Å². The predicted octanol–water partition coefficient (Wildman–Crippen LogP) is 0.529. The van der Waals surface area contributed by atoms with E-state index in [1.54, 1.807) is 0 Å². The van der Waals surface area contributed by atoms with Crippen molar-refractivity contribution in [2.75, 3.05) is 7.11 Å². The van der Waals surface area contributed by atoms with Crippen molar-refractivity contribution in [2.45, 2.75) is 19.2 Å². The fourth-order valence-corrected chi connectivity index (χ4v) is 0.462. The van der Waals surface area contributed by atoms with E-state index in [0.717, 1.165) is 7.11 Å². The highest BCUT2D eigenvalue weighted by atomic mass is 16.5. The van der Waals surface area contributed by atoms with Crippen molar-refractivity contribution >= 4 is 11.8 Å². The summed E-state index contributed by atoms with van der Waals surface area (Å²) in [5, 5.41) is 0. The van der Waals surface area contributed by atoms with Crippen LogP contribution in [-0.2, 0) is 14.3 Å². The van der Waals surface area contributed by atoms with Crippen molar-refractivity contribution in [2.24, 2.45) is 5.89 Å². The Morgan fingerprint density at radius 3 is 2.80 bits per heavy atom. The Morgan fingerprint density at radius 1 is 1.80 bits per heavy atom. The molecule has 10 heavy (non-hydrogen) atoms. The third-order valence-corrected chi connectivity index (χ3v) is 1.06. The molecule has 0 aromatic heterocycles. The lowest BCUT2D eigenvalue weighted by Gasteiger charge is -1.94. The first-order valence-electron chi connectivity index (χ1n) is 5.23. The van der Waals surface area contributed by atoms with E-state index in [2.05, 4.69) is 4.74 Å². The van der Waals surface area contributed by atoms with Gasteiger partial charge in [0, 0.05) is 12.7 Å². The summed E-state index contributed by atoms with van der Waals surface area (Å²) in [6, 6.07) is 0. The summed E-state index contributed by atoms with van der Waals surface area (Å²) in [4.78, 5) is 22.1. The zero-order valence-corrected chi connectivity index (χ0v) is 5.43. The average molecular weight is 147 g/mol. The Labute approximate surface area is 66.4 Å². The summed E-state index contributed by atoms with van der Waals surface area (Å²) >= 11 is 0. The van der Waals surface area contributed by atoms with E-state index in [4.69, 9.17) is 6.85 Å². The van der Waals surface area contributed by atoms with Crippen molar-refractivity contribution in [1.29, 1.82) is 0 Å². The number of carbonyl (C=O) groups excluding carboxylic acids is 2. The lowest BCUT2D eigenvalue weighted by molar-refractivity contribution is -0.143. The molecule has 3 heteroatoms. The second-order valence-electron chi connectivity index (χ2n) is 1.80. The number of Topliss-reactive ketones (excluding diaryl/α,β-unsaturated/α-hetero) is 1. The minimum absolute atomic E-state index is 0.779. The zero-order valence-electron chi connectivity index (χ0n) is 10.4. The summed E-state index contributed by atoms with van der Waals surface area (Å²) in [6.45, 7) is 0. The van der Waals surface area contributed by atoms with E-state index in [9.17, 15) is 9.59 Å². The van der Waals surface area contributed by atoms with Crippen LogP contribution in [0.25, 0.3) is 0 Å². The van der Waals surface area contributed by atoms with Crippen LogP contribution in [0, 0.1) is 5.89 Å². The molecule has 0 amide bonds. The van der Waals surface area contributed by atoms with Gasteiger partial charge < -0.3 is 4.74 Å². The molecule has 1 saturated carbocycles. The van der Waals surface area contributed by atoms with Crippen LogP contribution >= 0.6 is 0 Å². The van der Waals surface area contributed by atoms with Crippen molar-refractivity contribution in [3.63, 3.8) is 0 Å². The van der Waals surface area contributed by atoms with Crippen LogP contribution in [-0.4, -0.2) is 18.9 Å². The monoisotopic (exact) mass is 147 g/mol. The molecule has 1 fully saturated rings. The van der Waals surface area contributed by atoms with Gasteiger partial charge in [0.1, 0.15) is 12.2 Å². The van der Waals surface area contributed by atoms with Gasteiger partial charge in [0.05, 0.1) is 7.11 Å². The maximum atomic E-state index is 11.4. The SMILES string of the molecule is [2H]C1([2H])C([2H])([2H])C1([2H])C(=O)CC(=O)OC. The third kappa shape index (κ3) is 1.83. The molecule has 0 aromatic rings. The molecule has 0 atom stereocenters. The van der Waals surface area contributed by atoms with Gasteiger partial charge in [0.15, 0.2) is 0 Å². The smallest absolute Gasteiger partial charge is 0.313 e. The molecule has 0 aliphatic heterocycles. The first-order valence-corrected chi connectivity index (χ1v) is 2.73. The Bertz CT molecular complexity index is 311. The molecule has 56 valence electrons. The van der Waals surface area contributed by atoms with Crippen LogP contribution in [0.5, 0.6) is 0 Å². The number of methoxy groups -OCH3 is 1. The highest BCUT2D eigenvalue weighted by Gasteiger charge is 2.30. The Balaban J connectivity index is 2.84. The summed E-state index contributed by atoms with van der Waals surface area (Å²) < 4.78 is 40.3. The number of rotatable bonds is 3. The maximum absolute atomic E-state index is 11.4. The van der Waals surface area contributed by atoms with Crippen LogP contribution in [0.3, 0.4) is 0 Å². The number of hydrogen-bond acceptors (Lipinski definition) is 3. The second-order valence-corrected chi connectivity index (χ2v) is 1.80. The van der Waals surface area contributed by atoms with Gasteiger partial charge in [-0.3, -0.25) is 9.59 Å². The van der Waals surface area contributed by atoms with Crippen molar-refractivity contribution in [3.8, 4) is 0 Å². The minimum Gasteiger partial charge on any atom is -0.469 e. The van der Waals surface area contributed by atoms with Gasteiger partial charge in [-0.2, -0.15) is 0 Å². The summed E-state index contributed by atoms with van der Waals surface area (Å²) in [6.07, 6.45) is -5.88. The number of ether oxygens (including phenoxy) is 1. The van der Waals surface area contributed by atoms with Gasteiger partial charge >= 0.3 is 5.97 Å². The Kier molecular flexibility index (Phi) is 0.853. The lowest BCUT2D eigenvalue weighted by Crippen LogP contribution is -2.10. The van der Waals surface area contributed by atoms with E-state index in [1.165, 1.54) is 0 Å². The van der Waals surface area contributed by atoms with Crippen LogP contribution < -0.4 is 0 Å². The van der Waals surface area contributed by atoms with Gasteiger partial charge in [-0.05, 0) is 12.7 Å². The molecule has 1 aliphatic rings. The third-order valence-electron chi connectivity index (χ3n) is 1.06. The van der Waals surface area contributed by atoms with Gasteiger partial charge in [-0.15, -0.1) is 0 Å². The van der Waals surface area contributed by atoms with Gasteiger partial charge in [-0.25, -0.2) is 0 Å². The van der Waals surface area contributed by atoms with Gasteiger partial charge in [0.2, 0.25) is 0 Å². The second kappa shape index (κ2) is 2.82. The van der Waals surface area contributed by atoms with Crippen LogP contribution in [0.2, 0.25) is 0 Å². The zero-order chi connectivity index (χ0) is 12.1. The topological polar surface area (TPSA) is 43.4 Å².